The normalized spacial score (nSPS) is 36.4. The maximum absolute atomic E-state index is 12.7. The van der Waals surface area contributed by atoms with Gasteiger partial charge in [-0.3, -0.25) is 9.63 Å². The van der Waals surface area contributed by atoms with E-state index in [1.807, 2.05) is 6.92 Å². The molecule has 2 rings (SSSR count). The third-order valence-corrected chi connectivity index (χ3v) is 4.91. The lowest BCUT2D eigenvalue weighted by atomic mass is 9.88. The Morgan fingerprint density at radius 2 is 2.05 bits per heavy atom. The highest BCUT2D eigenvalue weighted by Gasteiger charge is 2.43. The summed E-state index contributed by atoms with van der Waals surface area (Å²) in [7, 11) is 0. The van der Waals surface area contributed by atoms with Gasteiger partial charge in [0.1, 0.15) is 6.04 Å². The van der Waals surface area contributed by atoms with E-state index in [-0.39, 0.29) is 35.4 Å². The van der Waals surface area contributed by atoms with Crippen molar-refractivity contribution in [3.05, 3.63) is 0 Å². The van der Waals surface area contributed by atoms with Gasteiger partial charge >= 0.3 is 6.18 Å². The molecule has 19 heavy (non-hydrogen) atoms. The van der Waals surface area contributed by atoms with Gasteiger partial charge in [-0.15, -0.1) is 0 Å². The minimum atomic E-state index is -4.13. The van der Waals surface area contributed by atoms with Gasteiger partial charge < -0.3 is 0 Å². The van der Waals surface area contributed by atoms with E-state index >= 15 is 0 Å². The average molecular weight is 297 g/mol. The van der Waals surface area contributed by atoms with Gasteiger partial charge in [-0.25, -0.2) is 0 Å². The van der Waals surface area contributed by atoms with E-state index in [1.54, 1.807) is 0 Å². The highest BCUT2D eigenvalue weighted by Crippen LogP contribution is 2.41. The van der Waals surface area contributed by atoms with E-state index in [9.17, 15) is 18.0 Å². The molecular formula is C12H18F3NO2S. The van der Waals surface area contributed by atoms with Crippen molar-refractivity contribution in [2.24, 2.45) is 5.92 Å². The Morgan fingerprint density at radius 3 is 2.63 bits per heavy atom. The van der Waals surface area contributed by atoms with Gasteiger partial charge in [0.2, 0.25) is 5.12 Å². The van der Waals surface area contributed by atoms with Gasteiger partial charge in [0, 0.05) is 11.7 Å². The van der Waals surface area contributed by atoms with Crippen molar-refractivity contribution >= 4 is 16.9 Å². The molecule has 4 atom stereocenters. The first-order valence-electron chi connectivity index (χ1n) is 6.54. The van der Waals surface area contributed by atoms with Crippen molar-refractivity contribution in [3.8, 4) is 0 Å². The molecule has 4 unspecified atom stereocenters. The van der Waals surface area contributed by atoms with Crippen molar-refractivity contribution in [1.29, 1.82) is 0 Å². The fourth-order valence-electron chi connectivity index (χ4n) is 2.57. The summed E-state index contributed by atoms with van der Waals surface area (Å²) in [5, 5.41) is -0.317. The Balaban J connectivity index is 1.84. The molecule has 1 aliphatic heterocycles. The number of nitrogens with one attached hydrogen (secondary N) is 1. The second-order valence-electron chi connectivity index (χ2n) is 5.30. The lowest BCUT2D eigenvalue weighted by Gasteiger charge is -2.30. The van der Waals surface area contributed by atoms with Crippen LogP contribution in [0.1, 0.15) is 39.0 Å². The standard InChI is InChI=1S/C12H18F3NO2S/c1-7-5-10(16-18-7)11(17)19-9-4-2-3-8(6-9)12(13,14)15/h7-10,16H,2-6H2,1H3. The molecule has 0 bridgehead atoms. The van der Waals surface area contributed by atoms with Crippen LogP contribution in [-0.2, 0) is 9.63 Å². The Labute approximate surface area is 114 Å². The van der Waals surface area contributed by atoms with Crippen molar-refractivity contribution in [1.82, 2.24) is 5.48 Å². The van der Waals surface area contributed by atoms with E-state index in [4.69, 9.17) is 4.84 Å². The highest BCUT2D eigenvalue weighted by atomic mass is 32.2. The van der Waals surface area contributed by atoms with Gasteiger partial charge in [0.25, 0.3) is 0 Å². The van der Waals surface area contributed by atoms with E-state index in [0.717, 1.165) is 11.8 Å². The second-order valence-corrected chi connectivity index (χ2v) is 6.60. The number of hydrogen-bond donors (Lipinski definition) is 1. The molecular weight excluding hydrogens is 279 g/mol. The largest absolute Gasteiger partial charge is 0.391 e. The number of carbonyl (C=O) groups is 1. The van der Waals surface area contributed by atoms with Gasteiger partial charge in [-0.2, -0.15) is 18.7 Å². The summed E-state index contributed by atoms with van der Waals surface area (Å²) in [6.07, 6.45) is -2.10. The lowest BCUT2D eigenvalue weighted by Crippen LogP contribution is -2.33. The molecule has 0 aromatic carbocycles. The maximum atomic E-state index is 12.7. The summed E-state index contributed by atoms with van der Waals surface area (Å²) in [5.74, 6) is -1.25. The number of hydroxylamine groups is 1. The zero-order valence-corrected chi connectivity index (χ0v) is 11.5. The number of carbonyl (C=O) groups excluding carboxylic acids is 1. The van der Waals surface area contributed by atoms with Crippen molar-refractivity contribution < 1.29 is 22.8 Å². The molecule has 1 heterocycles. The Hall–Kier alpha value is -0.270. The van der Waals surface area contributed by atoms with Crippen LogP contribution in [0.2, 0.25) is 0 Å². The maximum Gasteiger partial charge on any atom is 0.391 e. The fourth-order valence-corrected chi connectivity index (χ4v) is 3.82. The summed E-state index contributed by atoms with van der Waals surface area (Å²) < 4.78 is 38.0. The first kappa shape index (κ1) is 15.1. The SMILES string of the molecule is CC1CC(C(=O)SC2CCCC(C(F)(F)F)C2)NO1. The molecule has 2 fully saturated rings. The molecule has 3 nitrogen and oxygen atoms in total. The average Bonchev–Trinajstić information content (AvgIpc) is 2.75. The minimum Gasteiger partial charge on any atom is -0.298 e. The monoisotopic (exact) mass is 297 g/mol. The molecule has 0 spiro atoms. The molecule has 2 aliphatic rings. The Morgan fingerprint density at radius 1 is 1.32 bits per heavy atom. The minimum absolute atomic E-state index is 0.0242. The Kier molecular flexibility index (Phi) is 4.79. The number of thioether (sulfide) groups is 1. The summed E-state index contributed by atoms with van der Waals surface area (Å²) in [5.41, 5.74) is 2.64. The number of rotatable bonds is 2. The van der Waals surface area contributed by atoms with E-state index < -0.39 is 12.1 Å². The van der Waals surface area contributed by atoms with E-state index in [1.165, 1.54) is 0 Å². The molecule has 0 radical (unpaired) electrons. The number of hydrogen-bond acceptors (Lipinski definition) is 4. The van der Waals surface area contributed by atoms with Crippen LogP contribution in [-0.4, -0.2) is 28.7 Å². The van der Waals surface area contributed by atoms with Gasteiger partial charge in [0.15, 0.2) is 0 Å². The predicted octanol–water partition coefficient (Wildman–Crippen LogP) is 3.05. The summed E-state index contributed by atoms with van der Waals surface area (Å²) >= 11 is 1.06. The van der Waals surface area contributed by atoms with Gasteiger partial charge in [0.05, 0.1) is 12.0 Å². The smallest absolute Gasteiger partial charge is 0.298 e. The summed E-state index contributed by atoms with van der Waals surface area (Å²) in [6, 6.07) is -0.383. The molecule has 0 aromatic heterocycles. The predicted molar refractivity (Wildman–Crippen MR) is 66.5 cm³/mol. The van der Waals surface area contributed by atoms with Crippen molar-refractivity contribution in [2.45, 2.75) is 62.6 Å². The molecule has 1 N–H and O–H groups in total. The number of halogens is 3. The van der Waals surface area contributed by atoms with E-state index in [2.05, 4.69) is 5.48 Å². The molecule has 0 aromatic rings. The fraction of sp³-hybridized carbons (Fsp3) is 0.917. The van der Waals surface area contributed by atoms with Crippen LogP contribution < -0.4 is 5.48 Å². The quantitative estimate of drug-likeness (QED) is 0.850. The van der Waals surface area contributed by atoms with Crippen LogP contribution in [0.25, 0.3) is 0 Å². The van der Waals surface area contributed by atoms with Crippen molar-refractivity contribution in [3.63, 3.8) is 0 Å². The summed E-state index contributed by atoms with van der Waals surface area (Å²) in [4.78, 5) is 17.0. The summed E-state index contributed by atoms with van der Waals surface area (Å²) in [6.45, 7) is 1.85. The molecule has 7 heteroatoms. The van der Waals surface area contributed by atoms with Crippen LogP contribution >= 0.6 is 11.8 Å². The third kappa shape index (κ3) is 4.10. The molecule has 1 saturated heterocycles. The topological polar surface area (TPSA) is 38.3 Å². The van der Waals surface area contributed by atoms with Crippen LogP contribution in [0, 0.1) is 5.92 Å². The lowest BCUT2D eigenvalue weighted by molar-refractivity contribution is -0.181. The molecule has 1 aliphatic carbocycles. The third-order valence-electron chi connectivity index (χ3n) is 3.64. The van der Waals surface area contributed by atoms with Crippen LogP contribution in [0.15, 0.2) is 0 Å². The Bertz CT molecular complexity index is 337. The van der Waals surface area contributed by atoms with Crippen LogP contribution in [0.3, 0.4) is 0 Å². The van der Waals surface area contributed by atoms with E-state index in [0.29, 0.717) is 19.3 Å². The zero-order chi connectivity index (χ0) is 14.0. The second kappa shape index (κ2) is 6.01. The zero-order valence-electron chi connectivity index (χ0n) is 10.7. The first-order valence-corrected chi connectivity index (χ1v) is 7.42. The molecule has 0 amide bonds. The van der Waals surface area contributed by atoms with Crippen LogP contribution in [0.4, 0.5) is 13.2 Å². The molecule has 1 saturated carbocycles. The van der Waals surface area contributed by atoms with Crippen molar-refractivity contribution in [2.75, 3.05) is 0 Å². The first-order chi connectivity index (χ1) is 8.86. The number of alkyl halides is 3. The van der Waals surface area contributed by atoms with Crippen LogP contribution in [0.5, 0.6) is 0 Å². The van der Waals surface area contributed by atoms with Gasteiger partial charge in [-0.1, -0.05) is 18.2 Å². The van der Waals surface area contributed by atoms with Gasteiger partial charge in [-0.05, 0) is 26.2 Å². The molecule has 110 valence electrons. The highest BCUT2D eigenvalue weighted by molar-refractivity contribution is 8.14.